The second-order valence-electron chi connectivity index (χ2n) is 14.6. The van der Waals surface area contributed by atoms with Crippen molar-refractivity contribution in [3.05, 3.63) is 11.6 Å². The number of carbonyl (C=O) groups is 1. The van der Waals surface area contributed by atoms with Gasteiger partial charge in [0, 0.05) is 5.92 Å². The van der Waals surface area contributed by atoms with Crippen LogP contribution in [-0.2, 0) is 4.79 Å². The van der Waals surface area contributed by atoms with E-state index in [0.717, 1.165) is 38.5 Å². The van der Waals surface area contributed by atoms with Crippen LogP contribution in [0.3, 0.4) is 0 Å². The molecule has 0 bridgehead atoms. The monoisotopic (exact) mass is 472 g/mol. The van der Waals surface area contributed by atoms with E-state index >= 15 is 0 Å². The smallest absolute Gasteiger partial charge is 0.312 e. The first-order chi connectivity index (χ1) is 15.7. The molecule has 3 N–H and O–H groups in total. The molecule has 0 aromatic carbocycles. The lowest BCUT2D eigenvalue weighted by molar-refractivity contribution is -0.214. The second kappa shape index (κ2) is 7.34. The Labute approximate surface area is 206 Å². The predicted molar refractivity (Wildman–Crippen MR) is 134 cm³/mol. The van der Waals surface area contributed by atoms with Crippen LogP contribution in [0.5, 0.6) is 0 Å². The van der Waals surface area contributed by atoms with Crippen molar-refractivity contribution in [2.45, 2.75) is 112 Å². The van der Waals surface area contributed by atoms with Gasteiger partial charge in [0.05, 0.1) is 12.2 Å². The van der Waals surface area contributed by atoms with E-state index in [0.29, 0.717) is 30.6 Å². The average molecular weight is 473 g/mol. The van der Waals surface area contributed by atoms with Crippen LogP contribution in [0.1, 0.15) is 99.8 Å². The molecule has 11 atom stereocenters. The summed E-state index contributed by atoms with van der Waals surface area (Å²) in [6.45, 7) is 16.5. The number of aliphatic carboxylic acids is 1. The number of rotatable bonds is 1. The number of fused-ring (bicyclic) bond motifs is 7. The lowest BCUT2D eigenvalue weighted by atomic mass is 9.33. The Kier molecular flexibility index (Phi) is 5.36. The molecule has 5 aliphatic carbocycles. The van der Waals surface area contributed by atoms with E-state index in [9.17, 15) is 20.1 Å². The van der Waals surface area contributed by atoms with Gasteiger partial charge in [-0.15, -0.1) is 0 Å². The number of hydrogen-bond donors (Lipinski definition) is 3. The molecule has 2 unspecified atom stereocenters. The topological polar surface area (TPSA) is 77.8 Å². The lowest BCUT2D eigenvalue weighted by Gasteiger charge is -2.71. The Balaban J connectivity index is 1.63. The molecule has 5 rings (SSSR count). The number of carboxylic acids is 1. The highest BCUT2D eigenvalue weighted by atomic mass is 16.4. The van der Waals surface area contributed by atoms with E-state index in [4.69, 9.17) is 0 Å². The van der Waals surface area contributed by atoms with Gasteiger partial charge in [-0.2, -0.15) is 0 Å². The van der Waals surface area contributed by atoms with Gasteiger partial charge in [-0.3, -0.25) is 4.79 Å². The van der Waals surface area contributed by atoms with Crippen LogP contribution in [0.4, 0.5) is 0 Å². The zero-order valence-electron chi connectivity index (χ0n) is 22.5. The summed E-state index contributed by atoms with van der Waals surface area (Å²) in [5, 5.41) is 32.7. The van der Waals surface area contributed by atoms with Gasteiger partial charge in [-0.1, -0.05) is 60.1 Å². The summed E-state index contributed by atoms with van der Waals surface area (Å²) in [5.41, 5.74) is 0.498. The van der Waals surface area contributed by atoms with Crippen LogP contribution in [-0.4, -0.2) is 33.5 Å². The molecule has 4 heteroatoms. The third-order valence-electron chi connectivity index (χ3n) is 13.4. The predicted octanol–water partition coefficient (Wildman–Crippen LogP) is 6.06. The van der Waals surface area contributed by atoms with Crippen molar-refractivity contribution in [1.82, 2.24) is 0 Å². The Morgan fingerprint density at radius 2 is 1.59 bits per heavy atom. The number of carboxylic acid groups (broad SMARTS) is 1. The maximum absolute atomic E-state index is 12.8. The highest BCUT2D eigenvalue weighted by molar-refractivity contribution is 5.77. The van der Waals surface area contributed by atoms with Gasteiger partial charge < -0.3 is 15.3 Å². The van der Waals surface area contributed by atoms with Crippen LogP contribution in [0, 0.1) is 56.7 Å². The normalized spacial score (nSPS) is 56.3. The van der Waals surface area contributed by atoms with Crippen molar-refractivity contribution >= 4 is 5.97 Å². The Hall–Kier alpha value is -0.870. The minimum atomic E-state index is -1.04. The summed E-state index contributed by atoms with van der Waals surface area (Å²) in [7, 11) is 0. The molecule has 5 aliphatic rings. The fourth-order valence-electron chi connectivity index (χ4n) is 10.9. The molecule has 0 aromatic heterocycles. The Morgan fingerprint density at radius 1 is 0.912 bits per heavy atom. The SMILES string of the molecule is C[C@H]1[C@H](C)CC(O)[C@]2(C(=O)O)CC[C@]3(C)C(=CC[C@@H]4[C@@]5(C)CC[C@H](O)C(C)(C)C5CC[C@]43C)[C@H]12. The van der Waals surface area contributed by atoms with Gasteiger partial charge in [0.2, 0.25) is 0 Å². The molecule has 4 saturated carbocycles. The molecular weight excluding hydrogens is 424 g/mol. The third-order valence-corrected chi connectivity index (χ3v) is 13.4. The second-order valence-corrected chi connectivity index (χ2v) is 14.6. The number of hydrogen-bond acceptors (Lipinski definition) is 3. The minimum Gasteiger partial charge on any atom is -0.481 e. The first-order valence-corrected chi connectivity index (χ1v) is 14.0. The molecule has 4 fully saturated rings. The van der Waals surface area contributed by atoms with Crippen molar-refractivity contribution in [2.75, 3.05) is 0 Å². The summed E-state index contributed by atoms with van der Waals surface area (Å²) < 4.78 is 0. The molecule has 4 nitrogen and oxygen atoms in total. The van der Waals surface area contributed by atoms with Crippen molar-refractivity contribution < 1.29 is 20.1 Å². The summed E-state index contributed by atoms with van der Waals surface area (Å²) in [4.78, 5) is 12.8. The van der Waals surface area contributed by atoms with Crippen LogP contribution in [0.25, 0.3) is 0 Å². The highest BCUT2D eigenvalue weighted by Gasteiger charge is 2.70. The van der Waals surface area contributed by atoms with Gasteiger partial charge in [0.15, 0.2) is 0 Å². The molecule has 34 heavy (non-hydrogen) atoms. The maximum atomic E-state index is 12.8. The van der Waals surface area contributed by atoms with E-state index in [2.05, 4.69) is 54.5 Å². The Bertz CT molecular complexity index is 907. The first-order valence-electron chi connectivity index (χ1n) is 14.0. The molecule has 192 valence electrons. The van der Waals surface area contributed by atoms with E-state index in [1.807, 2.05) is 0 Å². The first kappa shape index (κ1) is 24.8. The Morgan fingerprint density at radius 3 is 2.24 bits per heavy atom. The fourth-order valence-corrected chi connectivity index (χ4v) is 10.9. The number of allylic oxidation sites excluding steroid dienone is 2. The fraction of sp³-hybridized carbons (Fsp3) is 0.900. The van der Waals surface area contributed by atoms with Crippen molar-refractivity contribution in [3.8, 4) is 0 Å². The third kappa shape index (κ3) is 2.71. The van der Waals surface area contributed by atoms with Gasteiger partial charge in [0.1, 0.15) is 5.41 Å². The van der Waals surface area contributed by atoms with Crippen LogP contribution in [0.2, 0.25) is 0 Å². The zero-order valence-corrected chi connectivity index (χ0v) is 22.5. The van der Waals surface area contributed by atoms with Gasteiger partial charge in [0.25, 0.3) is 0 Å². The largest absolute Gasteiger partial charge is 0.481 e. The molecule has 0 saturated heterocycles. The lowest BCUT2D eigenvalue weighted by Crippen LogP contribution is -2.67. The van der Waals surface area contributed by atoms with Gasteiger partial charge in [-0.25, -0.2) is 0 Å². The van der Waals surface area contributed by atoms with Crippen molar-refractivity contribution in [2.24, 2.45) is 56.7 Å². The van der Waals surface area contributed by atoms with E-state index in [1.165, 1.54) is 5.57 Å². The summed E-state index contributed by atoms with van der Waals surface area (Å²) in [6, 6.07) is 0. The molecule has 0 heterocycles. The number of aliphatic hydroxyl groups excluding tert-OH is 2. The zero-order chi connectivity index (χ0) is 25.1. The van der Waals surface area contributed by atoms with Crippen molar-refractivity contribution in [1.29, 1.82) is 0 Å². The summed E-state index contributed by atoms with van der Waals surface area (Å²) in [5.74, 6) is 0.736. The van der Waals surface area contributed by atoms with E-state index in [-0.39, 0.29) is 39.6 Å². The molecule has 0 radical (unpaired) electrons. The van der Waals surface area contributed by atoms with Crippen LogP contribution >= 0.6 is 0 Å². The highest BCUT2D eigenvalue weighted by Crippen LogP contribution is 2.75. The van der Waals surface area contributed by atoms with Crippen molar-refractivity contribution in [3.63, 3.8) is 0 Å². The van der Waals surface area contributed by atoms with Crippen LogP contribution in [0.15, 0.2) is 11.6 Å². The maximum Gasteiger partial charge on any atom is 0.312 e. The van der Waals surface area contributed by atoms with E-state index < -0.39 is 17.5 Å². The van der Waals surface area contributed by atoms with Gasteiger partial charge in [-0.05, 0) is 96.7 Å². The standard InChI is InChI=1S/C30H48O4/c1-17-16-23(32)30(25(33)34)15-14-28(6)19(24(30)18(17)2)8-9-21-27(5)12-11-22(31)26(3,4)20(27)10-13-29(21,28)7/h8,17-18,20-24,31-32H,9-16H2,1-7H3,(H,33,34)/t17-,18+,20?,21-,22+,23?,24+,27+,28-,29-,30-/m1/s1. The molecule has 0 spiro atoms. The molecule has 0 aliphatic heterocycles. The minimum absolute atomic E-state index is 0.0429. The summed E-state index contributed by atoms with van der Waals surface area (Å²) in [6.07, 6.45) is 8.72. The average Bonchev–Trinajstić information content (AvgIpc) is 2.74. The number of aliphatic hydroxyl groups is 2. The quantitative estimate of drug-likeness (QED) is 0.405. The van der Waals surface area contributed by atoms with E-state index in [1.54, 1.807) is 0 Å². The molecule has 0 amide bonds. The van der Waals surface area contributed by atoms with Crippen LogP contribution < -0.4 is 0 Å². The molecular formula is C30H48O4. The summed E-state index contributed by atoms with van der Waals surface area (Å²) >= 11 is 0. The molecule has 0 aromatic rings. The van der Waals surface area contributed by atoms with Gasteiger partial charge >= 0.3 is 5.97 Å².